The van der Waals surface area contributed by atoms with E-state index in [4.69, 9.17) is 5.11 Å². The number of aliphatic hydroxyl groups is 1. The van der Waals surface area contributed by atoms with Gasteiger partial charge in [0.15, 0.2) is 0 Å². The molecule has 88 valence electrons. The van der Waals surface area contributed by atoms with Crippen molar-refractivity contribution in [1.82, 2.24) is 5.32 Å². The summed E-state index contributed by atoms with van der Waals surface area (Å²) in [4.78, 5) is 11.6. The van der Waals surface area contributed by atoms with E-state index in [2.05, 4.69) is 19.2 Å². The predicted molar refractivity (Wildman–Crippen MR) is 60.5 cm³/mol. The molecule has 1 rings (SSSR count). The van der Waals surface area contributed by atoms with Crippen molar-refractivity contribution in [2.45, 2.75) is 46.0 Å². The van der Waals surface area contributed by atoms with Gasteiger partial charge in [0.05, 0.1) is 0 Å². The molecule has 0 bridgehead atoms. The van der Waals surface area contributed by atoms with E-state index in [0.29, 0.717) is 0 Å². The third kappa shape index (κ3) is 4.20. The summed E-state index contributed by atoms with van der Waals surface area (Å²) < 4.78 is 0. The van der Waals surface area contributed by atoms with Gasteiger partial charge < -0.3 is 10.4 Å². The second-order valence-electron chi connectivity index (χ2n) is 5.34. The lowest BCUT2D eigenvalue weighted by Crippen LogP contribution is -2.39. The van der Waals surface area contributed by atoms with Gasteiger partial charge in [0.1, 0.15) is 0 Å². The van der Waals surface area contributed by atoms with Gasteiger partial charge in [-0.3, -0.25) is 4.79 Å². The first-order valence-corrected chi connectivity index (χ1v) is 5.94. The lowest BCUT2D eigenvalue weighted by atomic mass is 9.83. The van der Waals surface area contributed by atoms with E-state index in [-0.39, 0.29) is 23.8 Å². The summed E-state index contributed by atoms with van der Waals surface area (Å²) >= 11 is 0. The fourth-order valence-electron chi connectivity index (χ4n) is 1.79. The summed E-state index contributed by atoms with van der Waals surface area (Å²) in [5.74, 6) is 0.497. The Balaban J connectivity index is 2.18. The molecule has 1 aliphatic carbocycles. The van der Waals surface area contributed by atoms with Gasteiger partial charge in [0.2, 0.25) is 5.91 Å². The van der Waals surface area contributed by atoms with E-state index in [0.717, 1.165) is 32.2 Å². The van der Waals surface area contributed by atoms with Crippen LogP contribution in [0, 0.1) is 11.3 Å². The Morgan fingerprint density at radius 1 is 1.47 bits per heavy atom. The van der Waals surface area contributed by atoms with Crippen molar-refractivity contribution in [2.24, 2.45) is 11.3 Å². The van der Waals surface area contributed by atoms with E-state index >= 15 is 0 Å². The third-order valence-corrected chi connectivity index (χ3v) is 3.23. The van der Waals surface area contributed by atoms with Crippen molar-refractivity contribution in [3.63, 3.8) is 0 Å². The molecule has 0 atom stereocenters. The van der Waals surface area contributed by atoms with Gasteiger partial charge in [-0.25, -0.2) is 0 Å². The van der Waals surface area contributed by atoms with Gasteiger partial charge in [0.25, 0.3) is 0 Å². The summed E-state index contributed by atoms with van der Waals surface area (Å²) in [6.45, 7) is 5.22. The second-order valence-corrected chi connectivity index (χ2v) is 5.34. The molecule has 0 radical (unpaired) electrons. The number of rotatable bonds is 6. The molecule has 2 N–H and O–H groups in total. The molecule has 0 aromatic carbocycles. The Kier molecular flexibility index (Phi) is 4.58. The van der Waals surface area contributed by atoms with Crippen LogP contribution in [0.2, 0.25) is 0 Å². The van der Waals surface area contributed by atoms with E-state index in [1.165, 1.54) is 6.42 Å². The van der Waals surface area contributed by atoms with Crippen LogP contribution in [0.3, 0.4) is 0 Å². The van der Waals surface area contributed by atoms with Crippen LogP contribution in [0.4, 0.5) is 0 Å². The van der Waals surface area contributed by atoms with Crippen LogP contribution in [0.25, 0.3) is 0 Å². The summed E-state index contributed by atoms with van der Waals surface area (Å²) in [5, 5.41) is 11.8. The average Bonchev–Trinajstić information content (AvgIpc) is 2.09. The molecule has 0 aliphatic heterocycles. The van der Waals surface area contributed by atoms with Crippen LogP contribution in [0.5, 0.6) is 0 Å². The largest absolute Gasteiger partial charge is 0.396 e. The SMILES string of the molecule is CC(C)(CCCO)CNC(=O)C1CCC1. The number of hydrogen-bond acceptors (Lipinski definition) is 2. The number of amides is 1. The van der Waals surface area contributed by atoms with Crippen molar-refractivity contribution < 1.29 is 9.90 Å². The first-order valence-electron chi connectivity index (χ1n) is 5.94. The highest BCUT2D eigenvalue weighted by Crippen LogP contribution is 2.27. The maximum atomic E-state index is 11.6. The second kappa shape index (κ2) is 5.50. The fraction of sp³-hybridized carbons (Fsp3) is 0.917. The highest BCUT2D eigenvalue weighted by Gasteiger charge is 2.26. The molecule has 0 heterocycles. The lowest BCUT2D eigenvalue weighted by Gasteiger charge is -2.28. The molecule has 0 spiro atoms. The molecule has 3 heteroatoms. The molecule has 0 unspecified atom stereocenters. The lowest BCUT2D eigenvalue weighted by molar-refractivity contribution is -0.127. The first kappa shape index (κ1) is 12.5. The van der Waals surface area contributed by atoms with Gasteiger partial charge in [-0.15, -0.1) is 0 Å². The molecular weight excluding hydrogens is 190 g/mol. The Morgan fingerprint density at radius 2 is 2.13 bits per heavy atom. The summed E-state index contributed by atoms with van der Waals surface area (Å²) in [7, 11) is 0. The van der Waals surface area contributed by atoms with Crippen molar-refractivity contribution in [3.8, 4) is 0 Å². The Morgan fingerprint density at radius 3 is 2.60 bits per heavy atom. The Bertz CT molecular complexity index is 210. The zero-order valence-electron chi connectivity index (χ0n) is 9.88. The number of nitrogens with one attached hydrogen (secondary N) is 1. The molecule has 1 fully saturated rings. The maximum absolute atomic E-state index is 11.6. The van der Waals surface area contributed by atoms with Gasteiger partial charge in [-0.2, -0.15) is 0 Å². The minimum atomic E-state index is 0.0993. The maximum Gasteiger partial charge on any atom is 0.223 e. The van der Waals surface area contributed by atoms with Crippen LogP contribution < -0.4 is 5.32 Å². The quantitative estimate of drug-likeness (QED) is 0.705. The average molecular weight is 213 g/mol. The third-order valence-electron chi connectivity index (χ3n) is 3.23. The van der Waals surface area contributed by atoms with Crippen LogP contribution in [0.15, 0.2) is 0 Å². The Hall–Kier alpha value is -0.570. The minimum Gasteiger partial charge on any atom is -0.396 e. The Labute approximate surface area is 92.3 Å². The molecule has 1 amide bonds. The summed E-state index contributed by atoms with van der Waals surface area (Å²) in [6.07, 6.45) is 5.08. The van der Waals surface area contributed by atoms with Gasteiger partial charge in [-0.1, -0.05) is 20.3 Å². The van der Waals surface area contributed by atoms with Crippen molar-refractivity contribution >= 4 is 5.91 Å². The monoisotopic (exact) mass is 213 g/mol. The van der Waals surface area contributed by atoms with E-state index in [1.54, 1.807) is 0 Å². The zero-order valence-corrected chi connectivity index (χ0v) is 9.88. The number of carbonyl (C=O) groups excluding carboxylic acids is 1. The van der Waals surface area contributed by atoms with E-state index in [1.807, 2.05) is 0 Å². The molecular formula is C12H23NO2. The number of carbonyl (C=O) groups is 1. The smallest absolute Gasteiger partial charge is 0.223 e. The molecule has 0 saturated heterocycles. The zero-order chi connectivity index (χ0) is 11.3. The molecule has 3 nitrogen and oxygen atoms in total. The molecule has 0 aromatic rings. The summed E-state index contributed by atoms with van der Waals surface area (Å²) in [6, 6.07) is 0. The van der Waals surface area contributed by atoms with Gasteiger partial charge in [0, 0.05) is 19.1 Å². The van der Waals surface area contributed by atoms with Crippen molar-refractivity contribution in [1.29, 1.82) is 0 Å². The topological polar surface area (TPSA) is 49.3 Å². The standard InChI is InChI=1S/C12H23NO2/c1-12(2,7-4-8-14)9-13-11(15)10-5-3-6-10/h10,14H,3-9H2,1-2H3,(H,13,15). The van der Waals surface area contributed by atoms with Crippen LogP contribution >= 0.6 is 0 Å². The van der Waals surface area contributed by atoms with Crippen LogP contribution in [-0.4, -0.2) is 24.2 Å². The molecule has 15 heavy (non-hydrogen) atoms. The number of hydrogen-bond donors (Lipinski definition) is 2. The van der Waals surface area contributed by atoms with Gasteiger partial charge in [-0.05, 0) is 31.1 Å². The highest BCUT2D eigenvalue weighted by molar-refractivity contribution is 5.79. The highest BCUT2D eigenvalue weighted by atomic mass is 16.2. The molecule has 1 aliphatic rings. The molecule has 1 saturated carbocycles. The van der Waals surface area contributed by atoms with Crippen molar-refractivity contribution in [3.05, 3.63) is 0 Å². The van der Waals surface area contributed by atoms with Gasteiger partial charge >= 0.3 is 0 Å². The van der Waals surface area contributed by atoms with Crippen LogP contribution in [-0.2, 0) is 4.79 Å². The van der Waals surface area contributed by atoms with E-state index < -0.39 is 0 Å². The predicted octanol–water partition coefficient (Wildman–Crippen LogP) is 1.70. The van der Waals surface area contributed by atoms with Crippen molar-refractivity contribution in [2.75, 3.05) is 13.2 Å². The molecule has 0 aromatic heterocycles. The minimum absolute atomic E-state index is 0.0993. The first-order chi connectivity index (χ1) is 7.05. The van der Waals surface area contributed by atoms with E-state index in [9.17, 15) is 4.79 Å². The van der Waals surface area contributed by atoms with Crippen LogP contribution in [0.1, 0.15) is 46.0 Å². The number of aliphatic hydroxyl groups excluding tert-OH is 1. The summed E-state index contributed by atoms with van der Waals surface area (Å²) in [5.41, 5.74) is 0.0993. The fourth-order valence-corrected chi connectivity index (χ4v) is 1.79. The normalized spacial score (nSPS) is 17.3.